The molecular weight excluding hydrogens is 458 g/mol. The summed E-state index contributed by atoms with van der Waals surface area (Å²) < 4.78 is 3.41. The number of hydrogen-bond acceptors (Lipinski definition) is 6. The summed E-state index contributed by atoms with van der Waals surface area (Å²) in [6.45, 7) is 0. The lowest BCUT2D eigenvalue weighted by atomic mass is 10.1. The molecule has 0 N–H and O–H groups in total. The standard InChI is InChI=1S/C27H17N5O2S/c33-25-24(19-12-6-2-7-13-19)30-32-26(34)22(35-27(32)28-25)16-20-17-31(21-14-8-3-9-15-21)29-23(20)18-10-4-1-5-11-18/h1-17H. The highest BCUT2D eigenvalue weighted by atomic mass is 32.1. The summed E-state index contributed by atoms with van der Waals surface area (Å²) in [6, 6.07) is 28.6. The van der Waals surface area contributed by atoms with E-state index in [0.29, 0.717) is 10.1 Å². The summed E-state index contributed by atoms with van der Waals surface area (Å²) in [7, 11) is 0. The summed E-state index contributed by atoms with van der Waals surface area (Å²) in [5.41, 5.74) is 3.31. The van der Waals surface area contributed by atoms with E-state index in [-0.39, 0.29) is 16.2 Å². The molecular formula is C27H17N5O2S. The highest BCUT2D eigenvalue weighted by molar-refractivity contribution is 7.15. The van der Waals surface area contributed by atoms with Crippen molar-refractivity contribution in [2.75, 3.05) is 0 Å². The molecule has 0 saturated carbocycles. The fourth-order valence-corrected chi connectivity index (χ4v) is 4.75. The maximum atomic E-state index is 13.3. The fraction of sp³-hybridized carbons (Fsp3) is 0. The Kier molecular flexibility index (Phi) is 5.12. The molecule has 0 fully saturated rings. The molecule has 3 aromatic carbocycles. The van der Waals surface area contributed by atoms with Gasteiger partial charge in [-0.3, -0.25) is 9.59 Å². The van der Waals surface area contributed by atoms with Crippen LogP contribution in [0.4, 0.5) is 0 Å². The first-order valence-electron chi connectivity index (χ1n) is 10.9. The van der Waals surface area contributed by atoms with Crippen LogP contribution in [0.25, 0.3) is 39.2 Å². The molecule has 7 nitrogen and oxygen atoms in total. The van der Waals surface area contributed by atoms with Crippen LogP contribution in [0.5, 0.6) is 0 Å². The Bertz CT molecular complexity index is 1830. The van der Waals surface area contributed by atoms with Crippen LogP contribution in [0.1, 0.15) is 5.56 Å². The fourth-order valence-electron chi connectivity index (χ4n) is 3.85. The zero-order valence-electron chi connectivity index (χ0n) is 18.3. The first-order chi connectivity index (χ1) is 17.2. The van der Waals surface area contributed by atoms with Crippen molar-refractivity contribution in [1.82, 2.24) is 24.4 Å². The maximum Gasteiger partial charge on any atom is 0.300 e. The number of hydrogen-bond donors (Lipinski definition) is 0. The molecule has 6 aromatic rings. The summed E-state index contributed by atoms with van der Waals surface area (Å²) in [6.07, 6.45) is 3.67. The summed E-state index contributed by atoms with van der Waals surface area (Å²) >= 11 is 1.13. The lowest BCUT2D eigenvalue weighted by molar-refractivity contribution is 0.873. The van der Waals surface area contributed by atoms with Gasteiger partial charge in [0.25, 0.3) is 5.56 Å². The molecule has 3 heterocycles. The molecule has 168 valence electrons. The predicted octanol–water partition coefficient (Wildman–Crippen LogP) is 3.58. The monoisotopic (exact) mass is 475 g/mol. The lowest BCUT2D eigenvalue weighted by Gasteiger charge is -2.00. The van der Waals surface area contributed by atoms with Crippen molar-refractivity contribution in [1.29, 1.82) is 0 Å². The normalized spacial score (nSPS) is 11.8. The molecule has 0 atom stereocenters. The van der Waals surface area contributed by atoms with Crippen molar-refractivity contribution in [2.45, 2.75) is 0 Å². The van der Waals surface area contributed by atoms with Crippen LogP contribution in [0.3, 0.4) is 0 Å². The SMILES string of the molecule is O=c1nc2sc(=Cc3cn(-c4ccccc4)nc3-c3ccccc3)c(=O)n2nc1-c1ccccc1. The van der Waals surface area contributed by atoms with Gasteiger partial charge in [0.1, 0.15) is 0 Å². The highest BCUT2D eigenvalue weighted by Gasteiger charge is 2.15. The van der Waals surface area contributed by atoms with Gasteiger partial charge in [0, 0.05) is 22.9 Å². The van der Waals surface area contributed by atoms with Gasteiger partial charge >= 0.3 is 5.56 Å². The van der Waals surface area contributed by atoms with Gasteiger partial charge < -0.3 is 0 Å². The van der Waals surface area contributed by atoms with Crippen molar-refractivity contribution >= 4 is 22.4 Å². The van der Waals surface area contributed by atoms with Gasteiger partial charge in [0.15, 0.2) is 5.69 Å². The Balaban J connectivity index is 1.55. The number of fused-ring (bicyclic) bond motifs is 1. The van der Waals surface area contributed by atoms with Crippen molar-refractivity contribution < 1.29 is 0 Å². The second-order valence-corrected chi connectivity index (χ2v) is 8.83. The largest absolute Gasteiger partial charge is 0.300 e. The quantitative estimate of drug-likeness (QED) is 0.389. The Labute approximate surface area is 202 Å². The zero-order chi connectivity index (χ0) is 23.8. The van der Waals surface area contributed by atoms with E-state index in [1.807, 2.05) is 85.1 Å². The molecule has 0 bridgehead atoms. The number of aromatic nitrogens is 5. The van der Waals surface area contributed by atoms with Crippen LogP contribution in [0.2, 0.25) is 0 Å². The van der Waals surface area contributed by atoms with Gasteiger partial charge in [-0.05, 0) is 18.2 Å². The smallest absolute Gasteiger partial charge is 0.266 e. The third-order valence-electron chi connectivity index (χ3n) is 5.53. The van der Waals surface area contributed by atoms with Crippen molar-refractivity contribution in [3.8, 4) is 28.2 Å². The minimum absolute atomic E-state index is 0.145. The molecule has 6 rings (SSSR count). The van der Waals surface area contributed by atoms with E-state index in [1.54, 1.807) is 22.9 Å². The Morgan fingerprint density at radius 1 is 0.714 bits per heavy atom. The molecule has 0 spiro atoms. The molecule has 0 saturated heterocycles. The van der Waals surface area contributed by atoms with Gasteiger partial charge in [0.05, 0.1) is 15.9 Å². The molecule has 0 radical (unpaired) electrons. The number of para-hydroxylation sites is 1. The van der Waals surface area contributed by atoms with E-state index in [1.165, 1.54) is 4.52 Å². The molecule has 0 unspecified atom stereocenters. The minimum atomic E-state index is -0.467. The van der Waals surface area contributed by atoms with Crippen LogP contribution in [0.15, 0.2) is 107 Å². The molecule has 3 aromatic heterocycles. The second kappa shape index (κ2) is 8.58. The van der Waals surface area contributed by atoms with E-state index >= 15 is 0 Å². The topological polar surface area (TPSA) is 82.1 Å². The molecule has 0 amide bonds. The Hall–Kier alpha value is -4.69. The van der Waals surface area contributed by atoms with Crippen LogP contribution >= 0.6 is 11.3 Å². The van der Waals surface area contributed by atoms with Crippen LogP contribution in [-0.4, -0.2) is 24.4 Å². The van der Waals surface area contributed by atoms with Gasteiger partial charge in [-0.15, -0.1) is 0 Å². The van der Waals surface area contributed by atoms with Gasteiger partial charge in [-0.25, -0.2) is 4.68 Å². The van der Waals surface area contributed by atoms with E-state index in [2.05, 4.69) is 10.1 Å². The van der Waals surface area contributed by atoms with E-state index in [0.717, 1.165) is 33.8 Å². The summed E-state index contributed by atoms with van der Waals surface area (Å²) in [5, 5.41) is 9.14. The number of thiazole rings is 1. The molecule has 0 aliphatic rings. The van der Waals surface area contributed by atoms with E-state index in [9.17, 15) is 9.59 Å². The third kappa shape index (κ3) is 3.85. The van der Waals surface area contributed by atoms with E-state index < -0.39 is 5.56 Å². The first kappa shape index (κ1) is 20.9. The van der Waals surface area contributed by atoms with Crippen molar-refractivity contribution in [3.63, 3.8) is 0 Å². The molecule has 35 heavy (non-hydrogen) atoms. The Morgan fingerprint density at radius 3 is 1.97 bits per heavy atom. The maximum absolute atomic E-state index is 13.3. The number of rotatable bonds is 4. The van der Waals surface area contributed by atoms with Gasteiger partial charge in [-0.1, -0.05) is 90.2 Å². The molecule has 0 aliphatic heterocycles. The van der Waals surface area contributed by atoms with Gasteiger partial charge in [0.2, 0.25) is 4.96 Å². The minimum Gasteiger partial charge on any atom is -0.266 e. The van der Waals surface area contributed by atoms with Crippen LogP contribution in [-0.2, 0) is 0 Å². The lowest BCUT2D eigenvalue weighted by Crippen LogP contribution is -2.26. The predicted molar refractivity (Wildman–Crippen MR) is 137 cm³/mol. The number of benzene rings is 3. The van der Waals surface area contributed by atoms with Crippen molar-refractivity contribution in [3.05, 3.63) is 128 Å². The first-order valence-corrected chi connectivity index (χ1v) is 11.7. The Morgan fingerprint density at radius 2 is 1.31 bits per heavy atom. The third-order valence-corrected chi connectivity index (χ3v) is 6.49. The highest BCUT2D eigenvalue weighted by Crippen LogP contribution is 2.24. The number of nitrogens with zero attached hydrogens (tertiary/aromatic N) is 5. The van der Waals surface area contributed by atoms with E-state index in [4.69, 9.17) is 5.10 Å². The average molecular weight is 476 g/mol. The summed E-state index contributed by atoms with van der Waals surface area (Å²) in [4.78, 5) is 30.3. The average Bonchev–Trinajstić information content (AvgIpc) is 3.46. The zero-order valence-corrected chi connectivity index (χ0v) is 19.1. The van der Waals surface area contributed by atoms with Crippen LogP contribution < -0.4 is 15.7 Å². The van der Waals surface area contributed by atoms with Crippen LogP contribution in [0, 0.1) is 0 Å². The van der Waals surface area contributed by atoms with Gasteiger partial charge in [-0.2, -0.15) is 19.7 Å². The summed E-state index contributed by atoms with van der Waals surface area (Å²) in [5.74, 6) is 0. The molecule has 0 aliphatic carbocycles. The molecule has 8 heteroatoms. The second-order valence-electron chi connectivity index (χ2n) is 7.82. The van der Waals surface area contributed by atoms with Crippen molar-refractivity contribution in [2.24, 2.45) is 0 Å².